The molecule has 4 rings (SSSR count). The summed E-state index contributed by atoms with van der Waals surface area (Å²) in [6.45, 7) is 3.48. The first-order chi connectivity index (χ1) is 14.5. The van der Waals surface area contributed by atoms with Crippen LogP contribution in [0.5, 0.6) is 0 Å². The number of para-hydroxylation sites is 1. The van der Waals surface area contributed by atoms with Crippen molar-refractivity contribution in [2.45, 2.75) is 26.4 Å². The Morgan fingerprint density at radius 1 is 0.900 bits per heavy atom. The zero-order valence-electron chi connectivity index (χ0n) is 17.0. The third-order valence-electron chi connectivity index (χ3n) is 5.27. The number of Topliss-reactive ketones (excluding diaryl/α,β-unsaturated/α-hetero) is 1. The molecular formula is C26H23NO3. The third kappa shape index (κ3) is 3.90. The topological polar surface area (TPSA) is 59.2 Å². The second kappa shape index (κ2) is 8.37. The van der Waals surface area contributed by atoms with E-state index in [2.05, 4.69) is 4.98 Å². The molecule has 4 nitrogen and oxygen atoms in total. The van der Waals surface area contributed by atoms with Gasteiger partial charge >= 0.3 is 5.97 Å². The Bertz CT molecular complexity index is 1210. The van der Waals surface area contributed by atoms with Gasteiger partial charge in [-0.05, 0) is 43.5 Å². The first-order valence-electron chi connectivity index (χ1n) is 9.99. The normalized spacial score (nSPS) is 11.9. The molecule has 0 saturated carbocycles. The molecule has 4 heteroatoms. The van der Waals surface area contributed by atoms with Crippen LogP contribution in [0.3, 0.4) is 0 Å². The number of ketones is 1. The van der Waals surface area contributed by atoms with Gasteiger partial charge in [-0.1, -0.05) is 66.7 Å². The third-order valence-corrected chi connectivity index (χ3v) is 5.27. The second-order valence-corrected chi connectivity index (χ2v) is 7.40. The highest BCUT2D eigenvalue weighted by atomic mass is 16.5. The van der Waals surface area contributed by atoms with Crippen LogP contribution in [0.2, 0.25) is 0 Å². The highest BCUT2D eigenvalue weighted by molar-refractivity contribution is 6.11. The minimum absolute atomic E-state index is 0.209. The van der Waals surface area contributed by atoms with Gasteiger partial charge in [0.2, 0.25) is 5.78 Å². The van der Waals surface area contributed by atoms with Crippen LogP contribution in [0, 0.1) is 6.92 Å². The monoisotopic (exact) mass is 397 g/mol. The van der Waals surface area contributed by atoms with Crippen molar-refractivity contribution in [3.8, 4) is 0 Å². The number of rotatable bonds is 6. The average Bonchev–Trinajstić information content (AvgIpc) is 3.09. The van der Waals surface area contributed by atoms with Crippen molar-refractivity contribution in [3.63, 3.8) is 0 Å². The number of hydrogen-bond donors (Lipinski definition) is 1. The lowest BCUT2D eigenvalue weighted by molar-refractivity contribution is 0.0318. The summed E-state index contributed by atoms with van der Waals surface area (Å²) >= 11 is 0. The number of aromatic nitrogens is 1. The number of esters is 1. The van der Waals surface area contributed by atoms with Crippen molar-refractivity contribution in [3.05, 3.63) is 107 Å². The van der Waals surface area contributed by atoms with Gasteiger partial charge in [-0.2, -0.15) is 0 Å². The van der Waals surface area contributed by atoms with Crippen molar-refractivity contribution in [2.24, 2.45) is 0 Å². The SMILES string of the molecule is Cc1[nH]c2ccccc2c1C(=O)[C@@H](C)OC(=O)c1ccccc1Cc1ccccc1. The molecule has 0 bridgehead atoms. The summed E-state index contributed by atoms with van der Waals surface area (Å²) in [5, 5.41) is 0.840. The number of nitrogens with one attached hydrogen (secondary N) is 1. The van der Waals surface area contributed by atoms with E-state index in [9.17, 15) is 9.59 Å². The number of aromatic amines is 1. The van der Waals surface area contributed by atoms with Crippen molar-refractivity contribution < 1.29 is 14.3 Å². The zero-order chi connectivity index (χ0) is 21.1. The Morgan fingerprint density at radius 3 is 2.37 bits per heavy atom. The summed E-state index contributed by atoms with van der Waals surface area (Å²) in [6.07, 6.45) is -0.268. The van der Waals surface area contributed by atoms with Gasteiger partial charge in [0, 0.05) is 22.2 Å². The fraction of sp³-hybridized carbons (Fsp3) is 0.154. The molecule has 1 heterocycles. The molecule has 0 unspecified atom stereocenters. The number of H-pyrrole nitrogens is 1. The Labute approximate surface area is 175 Å². The summed E-state index contributed by atoms with van der Waals surface area (Å²) in [5.74, 6) is -0.696. The van der Waals surface area contributed by atoms with E-state index in [0.717, 1.165) is 27.7 Å². The maximum Gasteiger partial charge on any atom is 0.339 e. The van der Waals surface area contributed by atoms with Crippen LogP contribution in [0.4, 0.5) is 0 Å². The molecular weight excluding hydrogens is 374 g/mol. The van der Waals surface area contributed by atoms with E-state index in [4.69, 9.17) is 4.74 Å². The molecule has 0 aliphatic carbocycles. The van der Waals surface area contributed by atoms with Crippen LogP contribution in [0.25, 0.3) is 10.9 Å². The molecule has 30 heavy (non-hydrogen) atoms. The molecule has 0 fully saturated rings. The van der Waals surface area contributed by atoms with Crippen molar-refractivity contribution in [1.29, 1.82) is 0 Å². The van der Waals surface area contributed by atoms with Crippen LogP contribution >= 0.6 is 0 Å². The van der Waals surface area contributed by atoms with E-state index >= 15 is 0 Å². The lowest BCUT2D eigenvalue weighted by Crippen LogP contribution is -2.25. The van der Waals surface area contributed by atoms with Crippen molar-refractivity contribution in [2.75, 3.05) is 0 Å². The molecule has 0 aliphatic heterocycles. The average molecular weight is 397 g/mol. The smallest absolute Gasteiger partial charge is 0.339 e. The predicted molar refractivity (Wildman–Crippen MR) is 118 cm³/mol. The van der Waals surface area contributed by atoms with E-state index in [-0.39, 0.29) is 5.78 Å². The zero-order valence-corrected chi connectivity index (χ0v) is 17.0. The first-order valence-corrected chi connectivity index (χ1v) is 9.99. The van der Waals surface area contributed by atoms with Crippen LogP contribution < -0.4 is 0 Å². The minimum atomic E-state index is -0.889. The van der Waals surface area contributed by atoms with E-state index in [1.165, 1.54) is 0 Å². The summed E-state index contributed by atoms with van der Waals surface area (Å²) in [5.41, 5.74) is 4.70. The summed E-state index contributed by atoms with van der Waals surface area (Å²) in [7, 11) is 0. The largest absolute Gasteiger partial charge is 0.451 e. The van der Waals surface area contributed by atoms with E-state index in [0.29, 0.717) is 17.5 Å². The summed E-state index contributed by atoms with van der Waals surface area (Å²) < 4.78 is 5.60. The van der Waals surface area contributed by atoms with Gasteiger partial charge in [-0.25, -0.2) is 4.79 Å². The maximum atomic E-state index is 13.1. The minimum Gasteiger partial charge on any atom is -0.451 e. The molecule has 150 valence electrons. The predicted octanol–water partition coefficient (Wildman–Crippen LogP) is 5.50. The fourth-order valence-corrected chi connectivity index (χ4v) is 3.76. The highest BCUT2D eigenvalue weighted by Gasteiger charge is 2.25. The Hall–Kier alpha value is -3.66. The molecule has 3 aromatic carbocycles. The first kappa shape index (κ1) is 19.6. The highest BCUT2D eigenvalue weighted by Crippen LogP contribution is 2.24. The van der Waals surface area contributed by atoms with E-state index < -0.39 is 12.1 Å². The lowest BCUT2D eigenvalue weighted by atomic mass is 9.99. The maximum absolute atomic E-state index is 13.1. The fourth-order valence-electron chi connectivity index (χ4n) is 3.76. The van der Waals surface area contributed by atoms with Crippen molar-refractivity contribution >= 4 is 22.7 Å². The van der Waals surface area contributed by atoms with Gasteiger partial charge in [0.15, 0.2) is 6.10 Å². The molecule has 0 saturated heterocycles. The standard InChI is InChI=1S/C26H23NO3/c1-17-24(22-14-8-9-15-23(22)27-17)25(28)18(2)30-26(29)21-13-7-6-12-20(21)16-19-10-4-3-5-11-19/h3-15,18,27H,16H2,1-2H3/t18-/m1/s1. The van der Waals surface area contributed by atoms with Crippen LogP contribution in [0.1, 0.15) is 44.5 Å². The summed E-state index contributed by atoms with van der Waals surface area (Å²) in [6, 6.07) is 25.0. The van der Waals surface area contributed by atoms with E-state index in [1.807, 2.05) is 73.7 Å². The molecule has 1 N–H and O–H groups in total. The summed E-state index contributed by atoms with van der Waals surface area (Å²) in [4.78, 5) is 29.2. The Morgan fingerprint density at radius 2 is 1.57 bits per heavy atom. The molecule has 0 amide bonds. The molecule has 1 aromatic heterocycles. The van der Waals surface area contributed by atoms with Gasteiger partial charge in [0.25, 0.3) is 0 Å². The number of aryl methyl sites for hydroxylation is 1. The van der Waals surface area contributed by atoms with Gasteiger partial charge in [0.1, 0.15) is 0 Å². The molecule has 4 aromatic rings. The Kier molecular flexibility index (Phi) is 5.48. The number of benzene rings is 3. The number of ether oxygens (including phenoxy) is 1. The molecule has 0 aliphatic rings. The van der Waals surface area contributed by atoms with Gasteiger partial charge in [-0.3, -0.25) is 4.79 Å². The number of hydrogen-bond acceptors (Lipinski definition) is 3. The quantitative estimate of drug-likeness (QED) is 0.345. The lowest BCUT2D eigenvalue weighted by Gasteiger charge is -2.15. The number of fused-ring (bicyclic) bond motifs is 1. The van der Waals surface area contributed by atoms with Gasteiger partial charge < -0.3 is 9.72 Å². The van der Waals surface area contributed by atoms with Gasteiger partial charge in [0.05, 0.1) is 5.56 Å². The van der Waals surface area contributed by atoms with Crippen LogP contribution in [0.15, 0.2) is 78.9 Å². The molecule has 0 radical (unpaired) electrons. The molecule has 1 atom stereocenters. The van der Waals surface area contributed by atoms with E-state index in [1.54, 1.807) is 19.1 Å². The van der Waals surface area contributed by atoms with Gasteiger partial charge in [-0.15, -0.1) is 0 Å². The molecule has 0 spiro atoms. The van der Waals surface area contributed by atoms with Crippen molar-refractivity contribution in [1.82, 2.24) is 4.98 Å². The Balaban J connectivity index is 1.55. The van der Waals surface area contributed by atoms with Crippen LogP contribution in [-0.4, -0.2) is 22.8 Å². The number of carbonyl (C=O) groups is 2. The second-order valence-electron chi connectivity index (χ2n) is 7.40. The number of carbonyl (C=O) groups excluding carboxylic acids is 2. The van der Waals surface area contributed by atoms with Crippen LogP contribution in [-0.2, 0) is 11.2 Å².